The Kier molecular flexibility index (Phi) is 6.36. The molecule has 0 N–H and O–H groups in total. The Bertz CT molecular complexity index is 1670. The second-order valence-electron chi connectivity index (χ2n) is 8.09. The summed E-state index contributed by atoms with van der Waals surface area (Å²) < 4.78 is 18.0. The van der Waals surface area contributed by atoms with E-state index in [0.717, 1.165) is 16.3 Å². The number of methoxy groups -OCH3 is 3. The topological polar surface area (TPSA) is 62.6 Å². The van der Waals surface area contributed by atoms with Gasteiger partial charge in [-0.3, -0.25) is 9.36 Å². The van der Waals surface area contributed by atoms with Crippen LogP contribution in [0.2, 0.25) is 5.02 Å². The number of rotatable bonds is 6. The standard InChI is InChI=1S/C29H23ClN2O4/c1-34-25-17-27(36-3)26(35-2)16-20(25)8-13-28-31-24-15-19-7-5-4-6-18(19)14-23(24)29(33)32(28)22-11-9-21(30)10-12-22/h4-17H,1-3H3/b13-8+. The Morgan fingerprint density at radius 3 is 2.08 bits per heavy atom. The first-order valence-corrected chi connectivity index (χ1v) is 11.6. The van der Waals surface area contributed by atoms with Gasteiger partial charge in [0.1, 0.15) is 11.6 Å². The van der Waals surface area contributed by atoms with Crippen LogP contribution in [0, 0.1) is 0 Å². The highest BCUT2D eigenvalue weighted by Gasteiger charge is 2.14. The number of nitrogens with zero attached hydrogens (tertiary/aromatic N) is 2. The van der Waals surface area contributed by atoms with Crippen molar-refractivity contribution in [1.82, 2.24) is 9.55 Å². The Morgan fingerprint density at radius 2 is 1.42 bits per heavy atom. The Morgan fingerprint density at radius 1 is 0.778 bits per heavy atom. The number of halogens is 1. The van der Waals surface area contributed by atoms with E-state index in [0.29, 0.717) is 44.7 Å². The van der Waals surface area contributed by atoms with Crippen molar-refractivity contribution in [2.75, 3.05) is 21.3 Å². The van der Waals surface area contributed by atoms with Crippen LogP contribution in [0.1, 0.15) is 11.4 Å². The largest absolute Gasteiger partial charge is 0.496 e. The van der Waals surface area contributed by atoms with Gasteiger partial charge in [-0.15, -0.1) is 0 Å². The molecule has 0 radical (unpaired) electrons. The van der Waals surface area contributed by atoms with Gasteiger partial charge in [-0.05, 0) is 65.4 Å². The summed E-state index contributed by atoms with van der Waals surface area (Å²) >= 11 is 6.11. The maximum Gasteiger partial charge on any atom is 0.266 e. The van der Waals surface area contributed by atoms with E-state index in [2.05, 4.69) is 0 Å². The Labute approximate surface area is 212 Å². The monoisotopic (exact) mass is 498 g/mol. The van der Waals surface area contributed by atoms with E-state index in [4.69, 9.17) is 30.8 Å². The van der Waals surface area contributed by atoms with E-state index in [1.807, 2.05) is 48.5 Å². The summed E-state index contributed by atoms with van der Waals surface area (Å²) in [5.74, 6) is 2.17. The minimum absolute atomic E-state index is 0.174. The smallest absolute Gasteiger partial charge is 0.266 e. The lowest BCUT2D eigenvalue weighted by Gasteiger charge is -2.14. The van der Waals surface area contributed by atoms with Gasteiger partial charge >= 0.3 is 0 Å². The van der Waals surface area contributed by atoms with Gasteiger partial charge in [0.2, 0.25) is 0 Å². The van der Waals surface area contributed by atoms with Crippen molar-refractivity contribution in [3.63, 3.8) is 0 Å². The zero-order valence-corrected chi connectivity index (χ0v) is 20.7. The predicted molar refractivity (Wildman–Crippen MR) is 145 cm³/mol. The number of hydrogen-bond acceptors (Lipinski definition) is 5. The summed E-state index contributed by atoms with van der Waals surface area (Å²) in [5, 5.41) is 3.10. The zero-order valence-electron chi connectivity index (χ0n) is 20.0. The number of aromatic nitrogens is 2. The van der Waals surface area contributed by atoms with Crippen LogP contribution in [0.4, 0.5) is 0 Å². The van der Waals surface area contributed by atoms with Gasteiger partial charge in [0.25, 0.3) is 5.56 Å². The maximum absolute atomic E-state index is 13.8. The van der Waals surface area contributed by atoms with Crippen LogP contribution in [-0.2, 0) is 0 Å². The van der Waals surface area contributed by atoms with Crippen LogP contribution >= 0.6 is 11.6 Å². The molecule has 0 bridgehead atoms. The summed E-state index contributed by atoms with van der Waals surface area (Å²) in [4.78, 5) is 18.7. The first-order chi connectivity index (χ1) is 17.5. The zero-order chi connectivity index (χ0) is 25.2. The Balaban J connectivity index is 1.75. The van der Waals surface area contributed by atoms with Crippen LogP contribution in [0.15, 0.2) is 77.6 Å². The predicted octanol–water partition coefficient (Wildman–Crippen LogP) is 6.39. The lowest BCUT2D eigenvalue weighted by molar-refractivity contribution is 0.348. The quantitative estimate of drug-likeness (QED) is 0.254. The molecule has 7 heteroatoms. The number of ether oxygens (including phenoxy) is 3. The van der Waals surface area contributed by atoms with Crippen molar-refractivity contribution in [3.05, 3.63) is 99.6 Å². The molecule has 4 aromatic carbocycles. The Hall–Kier alpha value is -4.29. The number of hydrogen-bond donors (Lipinski definition) is 0. The SMILES string of the molecule is COc1cc(OC)c(OC)cc1/C=C/c1nc2cc3ccccc3cc2c(=O)n1-c1ccc(Cl)cc1. The molecule has 36 heavy (non-hydrogen) atoms. The van der Waals surface area contributed by atoms with Crippen LogP contribution < -0.4 is 19.8 Å². The highest BCUT2D eigenvalue weighted by Crippen LogP contribution is 2.35. The molecule has 0 unspecified atom stereocenters. The van der Waals surface area contributed by atoms with Gasteiger partial charge in [0, 0.05) is 16.7 Å². The third kappa shape index (κ3) is 4.27. The molecular formula is C29H23ClN2O4. The van der Waals surface area contributed by atoms with E-state index in [-0.39, 0.29) is 5.56 Å². The molecule has 1 heterocycles. The molecule has 0 aliphatic carbocycles. The first kappa shape index (κ1) is 23.5. The van der Waals surface area contributed by atoms with Gasteiger partial charge in [0.05, 0.1) is 37.9 Å². The molecule has 0 atom stereocenters. The van der Waals surface area contributed by atoms with Crippen molar-refractivity contribution in [3.8, 4) is 22.9 Å². The molecule has 180 valence electrons. The first-order valence-electron chi connectivity index (χ1n) is 11.2. The van der Waals surface area contributed by atoms with E-state index in [9.17, 15) is 4.79 Å². The van der Waals surface area contributed by atoms with Crippen molar-refractivity contribution in [2.45, 2.75) is 0 Å². The van der Waals surface area contributed by atoms with E-state index in [1.54, 1.807) is 62.3 Å². The minimum atomic E-state index is -0.174. The molecular weight excluding hydrogens is 476 g/mol. The second-order valence-corrected chi connectivity index (χ2v) is 8.52. The summed E-state index contributed by atoms with van der Waals surface area (Å²) in [6.45, 7) is 0. The third-order valence-electron chi connectivity index (χ3n) is 5.99. The normalized spacial score (nSPS) is 11.3. The summed E-state index contributed by atoms with van der Waals surface area (Å²) in [6, 6.07) is 22.4. The van der Waals surface area contributed by atoms with E-state index in [1.165, 1.54) is 0 Å². The van der Waals surface area contributed by atoms with Crippen LogP contribution in [0.25, 0.3) is 39.5 Å². The van der Waals surface area contributed by atoms with E-state index >= 15 is 0 Å². The molecule has 5 rings (SSSR count). The lowest BCUT2D eigenvalue weighted by Crippen LogP contribution is -2.22. The van der Waals surface area contributed by atoms with Crippen molar-refractivity contribution in [1.29, 1.82) is 0 Å². The molecule has 0 spiro atoms. The van der Waals surface area contributed by atoms with E-state index < -0.39 is 0 Å². The molecule has 0 aliphatic rings. The fraction of sp³-hybridized carbons (Fsp3) is 0.103. The molecule has 6 nitrogen and oxygen atoms in total. The lowest BCUT2D eigenvalue weighted by atomic mass is 10.1. The number of fused-ring (bicyclic) bond motifs is 2. The summed E-state index contributed by atoms with van der Waals surface area (Å²) in [5.41, 5.74) is 1.84. The van der Waals surface area contributed by atoms with Gasteiger partial charge in [-0.1, -0.05) is 35.9 Å². The van der Waals surface area contributed by atoms with Crippen molar-refractivity contribution in [2.24, 2.45) is 0 Å². The van der Waals surface area contributed by atoms with Gasteiger partial charge < -0.3 is 14.2 Å². The molecule has 0 fully saturated rings. The fourth-order valence-corrected chi connectivity index (χ4v) is 4.31. The van der Waals surface area contributed by atoms with Gasteiger partial charge in [0.15, 0.2) is 11.5 Å². The molecule has 0 amide bonds. The highest BCUT2D eigenvalue weighted by atomic mass is 35.5. The summed E-state index contributed by atoms with van der Waals surface area (Å²) in [7, 11) is 4.73. The highest BCUT2D eigenvalue weighted by molar-refractivity contribution is 6.30. The van der Waals surface area contributed by atoms with Gasteiger partial charge in [-0.25, -0.2) is 4.98 Å². The van der Waals surface area contributed by atoms with Crippen molar-refractivity contribution >= 4 is 45.4 Å². The second kappa shape index (κ2) is 9.76. The van der Waals surface area contributed by atoms with Crippen LogP contribution in [0.5, 0.6) is 17.2 Å². The van der Waals surface area contributed by atoms with Gasteiger partial charge in [-0.2, -0.15) is 0 Å². The van der Waals surface area contributed by atoms with Crippen molar-refractivity contribution < 1.29 is 14.2 Å². The van der Waals surface area contributed by atoms with Crippen LogP contribution in [0.3, 0.4) is 0 Å². The molecule has 0 aliphatic heterocycles. The molecule has 1 aromatic heterocycles. The molecule has 0 saturated carbocycles. The third-order valence-corrected chi connectivity index (χ3v) is 6.25. The molecule has 5 aromatic rings. The maximum atomic E-state index is 13.8. The fourth-order valence-electron chi connectivity index (χ4n) is 4.19. The van der Waals surface area contributed by atoms with Crippen LogP contribution in [-0.4, -0.2) is 30.9 Å². The number of benzene rings is 4. The minimum Gasteiger partial charge on any atom is -0.496 e. The summed E-state index contributed by atoms with van der Waals surface area (Å²) in [6.07, 6.45) is 3.62. The average molecular weight is 499 g/mol. The average Bonchev–Trinajstić information content (AvgIpc) is 2.91. The molecule has 0 saturated heterocycles.